The Morgan fingerprint density at radius 2 is 1.71 bits per heavy atom. The molecule has 2 heteroatoms. The molecule has 0 radical (unpaired) electrons. The van der Waals surface area contributed by atoms with Crippen LogP contribution in [-0.2, 0) is 10.2 Å². The number of hydrogen-bond acceptors (Lipinski definition) is 2. The summed E-state index contributed by atoms with van der Waals surface area (Å²) in [5, 5.41) is 0. The average Bonchev–Trinajstić information content (AvgIpc) is 2.73. The van der Waals surface area contributed by atoms with Gasteiger partial charge < -0.3 is 4.74 Å². The van der Waals surface area contributed by atoms with Crippen LogP contribution in [0.4, 0.5) is 0 Å². The Hall–Kier alpha value is -2.09. The minimum absolute atomic E-state index is 0.0536. The third kappa shape index (κ3) is 2.35. The highest BCUT2D eigenvalue weighted by Gasteiger charge is 2.38. The van der Waals surface area contributed by atoms with Gasteiger partial charge in [0, 0.05) is 11.1 Å². The summed E-state index contributed by atoms with van der Waals surface area (Å²) in [5.41, 5.74) is 4.20. The van der Waals surface area contributed by atoms with Gasteiger partial charge in [-0.2, -0.15) is 0 Å². The fourth-order valence-electron chi connectivity index (χ4n) is 2.93. The largest absolute Gasteiger partial charge is 0.425 e. The smallest absolute Gasteiger partial charge is 0.323 e. The molecule has 2 nitrogen and oxygen atoms in total. The lowest BCUT2D eigenvalue weighted by Crippen LogP contribution is -2.13. The van der Waals surface area contributed by atoms with E-state index in [0.717, 1.165) is 28.0 Å². The van der Waals surface area contributed by atoms with Gasteiger partial charge in [0.25, 0.3) is 0 Å². The van der Waals surface area contributed by atoms with Gasteiger partial charge in [-0.05, 0) is 17.9 Å². The first-order valence-corrected chi connectivity index (χ1v) is 7.29. The van der Waals surface area contributed by atoms with Crippen molar-refractivity contribution in [1.29, 1.82) is 0 Å². The Kier molecular flexibility index (Phi) is 3.12. The van der Waals surface area contributed by atoms with E-state index in [9.17, 15) is 4.79 Å². The van der Waals surface area contributed by atoms with Crippen molar-refractivity contribution in [2.75, 3.05) is 0 Å². The first-order valence-electron chi connectivity index (χ1n) is 7.29. The number of carbonyl (C=O) groups excluding carboxylic acids is 1. The van der Waals surface area contributed by atoms with E-state index in [1.165, 1.54) is 0 Å². The number of rotatable bonds is 1. The monoisotopic (exact) mass is 280 g/mol. The van der Waals surface area contributed by atoms with Gasteiger partial charge >= 0.3 is 5.97 Å². The molecule has 1 aliphatic heterocycles. The van der Waals surface area contributed by atoms with Gasteiger partial charge in [-0.25, -0.2) is 0 Å². The highest BCUT2D eigenvalue weighted by atomic mass is 16.5. The molecule has 2 aromatic carbocycles. The number of fused-ring (bicyclic) bond motifs is 1. The number of aryl methyl sites for hydroxylation is 1. The molecule has 0 aliphatic carbocycles. The van der Waals surface area contributed by atoms with Gasteiger partial charge in [0.1, 0.15) is 11.7 Å². The van der Waals surface area contributed by atoms with Crippen molar-refractivity contribution in [3.05, 3.63) is 64.7 Å². The molecular formula is C19H20O2. The van der Waals surface area contributed by atoms with Crippen LogP contribution < -0.4 is 4.74 Å². The van der Waals surface area contributed by atoms with Crippen LogP contribution in [0.2, 0.25) is 0 Å². The fourth-order valence-corrected chi connectivity index (χ4v) is 2.93. The van der Waals surface area contributed by atoms with E-state index < -0.39 is 0 Å². The number of hydrogen-bond donors (Lipinski definition) is 0. The zero-order chi connectivity index (χ0) is 15.2. The molecule has 0 spiro atoms. The van der Waals surface area contributed by atoms with Crippen molar-refractivity contribution in [3.63, 3.8) is 0 Å². The Morgan fingerprint density at radius 3 is 2.33 bits per heavy atom. The van der Waals surface area contributed by atoms with Gasteiger partial charge in [0.05, 0.1) is 0 Å². The Balaban J connectivity index is 2.21. The van der Waals surface area contributed by atoms with E-state index in [0.29, 0.717) is 0 Å². The van der Waals surface area contributed by atoms with E-state index in [1.54, 1.807) is 0 Å². The molecule has 0 saturated carbocycles. The summed E-state index contributed by atoms with van der Waals surface area (Å²) in [6.07, 6.45) is 0. The average molecular weight is 280 g/mol. The summed E-state index contributed by atoms with van der Waals surface area (Å²) in [6.45, 7) is 8.50. The highest BCUT2D eigenvalue weighted by Crippen LogP contribution is 2.45. The summed E-state index contributed by atoms with van der Waals surface area (Å²) in [5.74, 6) is 0.279. The lowest BCUT2D eigenvalue weighted by molar-refractivity contribution is -0.133. The molecule has 3 rings (SSSR count). The first kappa shape index (κ1) is 13.9. The maximum Gasteiger partial charge on any atom is 0.323 e. The highest BCUT2D eigenvalue weighted by molar-refractivity contribution is 5.90. The molecule has 0 bridgehead atoms. The second-order valence-corrected chi connectivity index (χ2v) is 6.75. The summed E-state index contributed by atoms with van der Waals surface area (Å²) in [7, 11) is 0. The van der Waals surface area contributed by atoms with Crippen LogP contribution >= 0.6 is 0 Å². The summed E-state index contributed by atoms with van der Waals surface area (Å²) >= 11 is 0. The molecule has 1 heterocycles. The standard InChI is InChI=1S/C19H20O2/c1-12-10-14-16(13-8-6-5-7-9-13)18(20)21-17(14)15(11-12)19(2,3)4/h5-11,16H,1-4H3. The van der Waals surface area contributed by atoms with Crippen LogP contribution in [0.5, 0.6) is 5.75 Å². The van der Waals surface area contributed by atoms with Crippen LogP contribution in [0.15, 0.2) is 42.5 Å². The maximum absolute atomic E-state index is 12.4. The SMILES string of the molecule is Cc1cc2c(c(C(C)(C)C)c1)OC(=O)C2c1ccccc1. The van der Waals surface area contributed by atoms with Crippen LogP contribution in [0.1, 0.15) is 48.9 Å². The Bertz CT molecular complexity index is 693. The fraction of sp³-hybridized carbons (Fsp3) is 0.316. The predicted octanol–water partition coefficient (Wildman–Crippen LogP) is 4.34. The number of carbonyl (C=O) groups is 1. The molecule has 1 aliphatic rings. The van der Waals surface area contributed by atoms with Gasteiger partial charge in [-0.15, -0.1) is 0 Å². The van der Waals surface area contributed by atoms with E-state index >= 15 is 0 Å². The molecule has 0 saturated heterocycles. The van der Waals surface area contributed by atoms with Crippen LogP contribution in [0.3, 0.4) is 0 Å². The summed E-state index contributed by atoms with van der Waals surface area (Å²) in [6, 6.07) is 14.1. The van der Waals surface area contributed by atoms with E-state index in [2.05, 4.69) is 39.8 Å². The van der Waals surface area contributed by atoms with E-state index in [4.69, 9.17) is 4.74 Å². The molecule has 1 unspecified atom stereocenters. The van der Waals surface area contributed by atoms with Crippen LogP contribution in [-0.4, -0.2) is 5.97 Å². The van der Waals surface area contributed by atoms with Gasteiger partial charge in [-0.1, -0.05) is 68.8 Å². The zero-order valence-corrected chi connectivity index (χ0v) is 12.9. The topological polar surface area (TPSA) is 26.3 Å². The van der Waals surface area contributed by atoms with E-state index in [1.807, 2.05) is 30.3 Å². The van der Waals surface area contributed by atoms with Crippen molar-refractivity contribution >= 4 is 5.97 Å². The Labute approximate surface area is 125 Å². The number of ether oxygens (including phenoxy) is 1. The molecule has 0 N–H and O–H groups in total. The lowest BCUT2D eigenvalue weighted by atomic mass is 9.82. The van der Waals surface area contributed by atoms with E-state index in [-0.39, 0.29) is 17.3 Å². The second kappa shape index (κ2) is 4.73. The molecule has 0 aromatic heterocycles. The normalized spacial score (nSPS) is 17.5. The van der Waals surface area contributed by atoms with Gasteiger partial charge in [-0.3, -0.25) is 4.79 Å². The molecule has 108 valence electrons. The second-order valence-electron chi connectivity index (χ2n) is 6.75. The van der Waals surface area contributed by atoms with Gasteiger partial charge in [0.15, 0.2) is 0 Å². The third-order valence-electron chi connectivity index (χ3n) is 3.95. The molecule has 2 aromatic rings. The van der Waals surface area contributed by atoms with Crippen molar-refractivity contribution < 1.29 is 9.53 Å². The van der Waals surface area contributed by atoms with Crippen LogP contribution in [0, 0.1) is 6.92 Å². The quantitative estimate of drug-likeness (QED) is 0.573. The Morgan fingerprint density at radius 1 is 1.05 bits per heavy atom. The lowest BCUT2D eigenvalue weighted by Gasteiger charge is -2.22. The van der Waals surface area contributed by atoms with Crippen molar-refractivity contribution in [2.24, 2.45) is 0 Å². The summed E-state index contributed by atoms with van der Waals surface area (Å²) in [4.78, 5) is 12.4. The third-order valence-corrected chi connectivity index (χ3v) is 3.95. The predicted molar refractivity (Wildman–Crippen MR) is 83.8 cm³/mol. The summed E-state index contributed by atoms with van der Waals surface area (Å²) < 4.78 is 5.65. The molecule has 0 fully saturated rings. The first-order chi connectivity index (χ1) is 9.88. The van der Waals surface area contributed by atoms with Crippen molar-refractivity contribution in [2.45, 2.75) is 39.0 Å². The molecule has 1 atom stereocenters. The maximum atomic E-state index is 12.4. The molecule has 21 heavy (non-hydrogen) atoms. The number of benzene rings is 2. The van der Waals surface area contributed by atoms with Crippen molar-refractivity contribution in [3.8, 4) is 5.75 Å². The minimum atomic E-state index is -0.304. The van der Waals surface area contributed by atoms with Gasteiger partial charge in [0.2, 0.25) is 0 Å². The van der Waals surface area contributed by atoms with Crippen LogP contribution in [0.25, 0.3) is 0 Å². The van der Waals surface area contributed by atoms with Crippen molar-refractivity contribution in [1.82, 2.24) is 0 Å². The molecular weight excluding hydrogens is 260 g/mol. The minimum Gasteiger partial charge on any atom is -0.425 e. The molecule has 0 amide bonds. The zero-order valence-electron chi connectivity index (χ0n) is 12.9. The number of esters is 1.